The molecular formula is C12H24N2. The van der Waals surface area contributed by atoms with Gasteiger partial charge in [-0.2, -0.15) is 0 Å². The van der Waals surface area contributed by atoms with Gasteiger partial charge in [0, 0.05) is 24.2 Å². The van der Waals surface area contributed by atoms with E-state index in [1.54, 1.807) is 0 Å². The minimum absolute atomic E-state index is 0.421. The fourth-order valence-corrected chi connectivity index (χ4v) is 3.02. The first-order valence-corrected chi connectivity index (χ1v) is 6.08. The predicted octanol–water partition coefficient (Wildman–Crippen LogP) is 2.00. The van der Waals surface area contributed by atoms with Crippen molar-refractivity contribution < 1.29 is 0 Å². The van der Waals surface area contributed by atoms with E-state index in [0.29, 0.717) is 11.1 Å². The molecule has 0 atom stereocenters. The number of likely N-dealkylation sites (tertiary alicyclic amines) is 1. The first-order chi connectivity index (χ1) is 6.58. The van der Waals surface area contributed by atoms with E-state index in [2.05, 4.69) is 31.0 Å². The van der Waals surface area contributed by atoms with Gasteiger partial charge in [-0.3, -0.25) is 4.90 Å². The van der Waals surface area contributed by atoms with E-state index in [-0.39, 0.29) is 0 Å². The Morgan fingerprint density at radius 2 is 2.07 bits per heavy atom. The molecule has 2 heteroatoms. The van der Waals surface area contributed by atoms with E-state index in [1.165, 1.54) is 45.3 Å². The molecule has 2 aliphatic rings. The van der Waals surface area contributed by atoms with Crippen LogP contribution in [0.5, 0.6) is 0 Å². The number of rotatable bonds is 3. The van der Waals surface area contributed by atoms with Gasteiger partial charge in [0.1, 0.15) is 0 Å². The Hall–Kier alpha value is -0.0800. The van der Waals surface area contributed by atoms with Gasteiger partial charge in [-0.15, -0.1) is 0 Å². The Labute approximate surface area is 88.1 Å². The summed E-state index contributed by atoms with van der Waals surface area (Å²) in [4.78, 5) is 2.65. The smallest absolute Gasteiger partial charge is 0.0438 e. The van der Waals surface area contributed by atoms with E-state index in [0.717, 1.165) is 0 Å². The Balaban J connectivity index is 1.86. The summed E-state index contributed by atoms with van der Waals surface area (Å²) in [5.74, 6) is 0. The molecule has 2 aliphatic heterocycles. The molecule has 2 rings (SSSR count). The van der Waals surface area contributed by atoms with Gasteiger partial charge in [0.15, 0.2) is 0 Å². The number of hydrogen-bond donors (Lipinski definition) is 1. The summed E-state index contributed by atoms with van der Waals surface area (Å²) in [5.41, 5.74) is 0.940. The highest BCUT2D eigenvalue weighted by Gasteiger charge is 2.48. The minimum Gasteiger partial charge on any atom is -0.309 e. The fraction of sp³-hybridized carbons (Fsp3) is 1.00. The molecule has 2 heterocycles. The van der Waals surface area contributed by atoms with E-state index in [4.69, 9.17) is 0 Å². The molecule has 0 unspecified atom stereocenters. The lowest BCUT2D eigenvalue weighted by Crippen LogP contribution is -2.71. The quantitative estimate of drug-likeness (QED) is 0.743. The van der Waals surface area contributed by atoms with Crippen molar-refractivity contribution in [1.82, 2.24) is 10.2 Å². The van der Waals surface area contributed by atoms with Crippen molar-refractivity contribution in [2.24, 2.45) is 0 Å². The van der Waals surface area contributed by atoms with Gasteiger partial charge in [-0.25, -0.2) is 0 Å². The van der Waals surface area contributed by atoms with E-state index in [9.17, 15) is 0 Å². The third kappa shape index (κ3) is 1.70. The molecule has 0 amide bonds. The maximum Gasteiger partial charge on any atom is 0.0438 e. The minimum atomic E-state index is 0.421. The first kappa shape index (κ1) is 10.4. The normalized spacial score (nSPS) is 26.8. The van der Waals surface area contributed by atoms with E-state index >= 15 is 0 Å². The number of nitrogens with one attached hydrogen (secondary N) is 1. The number of hydrogen-bond acceptors (Lipinski definition) is 2. The van der Waals surface area contributed by atoms with Crippen LogP contribution in [0.15, 0.2) is 0 Å². The van der Waals surface area contributed by atoms with Crippen LogP contribution in [0.3, 0.4) is 0 Å². The lowest BCUT2D eigenvalue weighted by molar-refractivity contribution is -0.0284. The molecule has 1 N–H and O–H groups in total. The third-order valence-corrected chi connectivity index (χ3v) is 4.04. The monoisotopic (exact) mass is 196 g/mol. The topological polar surface area (TPSA) is 15.3 Å². The van der Waals surface area contributed by atoms with Crippen LogP contribution in [0.2, 0.25) is 0 Å². The standard InChI is InChI=1S/C12H24N2/c1-4-6-11(2,3)14-9-12(10-14)7-5-8-13-12/h13H,4-10H2,1-3H3. The van der Waals surface area contributed by atoms with Crippen LogP contribution < -0.4 is 5.32 Å². The summed E-state index contributed by atoms with van der Waals surface area (Å²) >= 11 is 0. The molecule has 1 spiro atoms. The van der Waals surface area contributed by atoms with E-state index in [1.807, 2.05) is 0 Å². The highest BCUT2D eigenvalue weighted by atomic mass is 15.3. The lowest BCUT2D eigenvalue weighted by atomic mass is 9.82. The maximum atomic E-state index is 3.67. The molecule has 82 valence electrons. The molecule has 0 aromatic heterocycles. The highest BCUT2D eigenvalue weighted by molar-refractivity contribution is 5.08. The largest absolute Gasteiger partial charge is 0.309 e. The summed E-state index contributed by atoms with van der Waals surface area (Å²) < 4.78 is 0. The van der Waals surface area contributed by atoms with Crippen LogP contribution in [0.1, 0.15) is 46.5 Å². The van der Waals surface area contributed by atoms with Gasteiger partial charge in [0.05, 0.1) is 0 Å². The van der Waals surface area contributed by atoms with Gasteiger partial charge in [-0.1, -0.05) is 13.3 Å². The average molecular weight is 196 g/mol. The number of nitrogens with zero attached hydrogens (tertiary/aromatic N) is 1. The molecule has 14 heavy (non-hydrogen) atoms. The second-order valence-corrected chi connectivity index (χ2v) is 5.73. The zero-order chi connectivity index (χ0) is 10.2. The summed E-state index contributed by atoms with van der Waals surface area (Å²) in [6.07, 6.45) is 5.39. The molecular weight excluding hydrogens is 172 g/mol. The molecule has 0 aromatic carbocycles. The fourth-order valence-electron chi connectivity index (χ4n) is 3.02. The highest BCUT2D eigenvalue weighted by Crippen LogP contribution is 2.36. The molecule has 2 fully saturated rings. The van der Waals surface area contributed by atoms with Crippen molar-refractivity contribution in [1.29, 1.82) is 0 Å². The second kappa shape index (κ2) is 3.49. The van der Waals surface area contributed by atoms with Crippen molar-refractivity contribution in [3.8, 4) is 0 Å². The summed E-state index contributed by atoms with van der Waals surface area (Å²) in [5, 5.41) is 3.67. The molecule has 0 bridgehead atoms. The van der Waals surface area contributed by atoms with Gasteiger partial charge < -0.3 is 5.32 Å². The molecule has 0 radical (unpaired) electrons. The third-order valence-electron chi connectivity index (χ3n) is 4.04. The molecule has 0 saturated carbocycles. The van der Waals surface area contributed by atoms with Crippen molar-refractivity contribution in [3.05, 3.63) is 0 Å². The van der Waals surface area contributed by atoms with Crippen molar-refractivity contribution in [2.75, 3.05) is 19.6 Å². The van der Waals surface area contributed by atoms with Crippen LogP contribution >= 0.6 is 0 Å². The van der Waals surface area contributed by atoms with Crippen molar-refractivity contribution in [3.63, 3.8) is 0 Å². The SMILES string of the molecule is CCCC(C)(C)N1CC2(CCCN2)C1. The molecule has 0 aromatic rings. The van der Waals surface area contributed by atoms with Gasteiger partial charge in [-0.05, 0) is 39.7 Å². The average Bonchev–Trinajstić information content (AvgIpc) is 2.48. The Morgan fingerprint density at radius 1 is 1.36 bits per heavy atom. The summed E-state index contributed by atoms with van der Waals surface area (Å²) in [6, 6.07) is 0. The first-order valence-electron chi connectivity index (χ1n) is 6.08. The molecule has 0 aliphatic carbocycles. The van der Waals surface area contributed by atoms with Gasteiger partial charge in [0.2, 0.25) is 0 Å². The lowest BCUT2D eigenvalue weighted by Gasteiger charge is -2.55. The van der Waals surface area contributed by atoms with Crippen molar-refractivity contribution >= 4 is 0 Å². The van der Waals surface area contributed by atoms with Gasteiger partial charge in [0.25, 0.3) is 0 Å². The Bertz CT molecular complexity index is 196. The predicted molar refractivity (Wildman–Crippen MR) is 60.5 cm³/mol. The van der Waals surface area contributed by atoms with Crippen LogP contribution in [-0.2, 0) is 0 Å². The zero-order valence-corrected chi connectivity index (χ0v) is 9.90. The molecule has 2 nitrogen and oxygen atoms in total. The summed E-state index contributed by atoms with van der Waals surface area (Å²) in [7, 11) is 0. The Kier molecular flexibility index (Phi) is 2.61. The van der Waals surface area contributed by atoms with Gasteiger partial charge >= 0.3 is 0 Å². The maximum absolute atomic E-state index is 3.67. The van der Waals surface area contributed by atoms with E-state index < -0.39 is 0 Å². The van der Waals surface area contributed by atoms with Crippen LogP contribution in [0, 0.1) is 0 Å². The van der Waals surface area contributed by atoms with Crippen LogP contribution in [0.25, 0.3) is 0 Å². The van der Waals surface area contributed by atoms with Crippen LogP contribution in [0.4, 0.5) is 0 Å². The van der Waals surface area contributed by atoms with Crippen LogP contribution in [-0.4, -0.2) is 35.6 Å². The zero-order valence-electron chi connectivity index (χ0n) is 9.90. The second-order valence-electron chi connectivity index (χ2n) is 5.73. The Morgan fingerprint density at radius 3 is 2.57 bits per heavy atom. The summed E-state index contributed by atoms with van der Waals surface area (Å²) in [6.45, 7) is 10.9. The molecule has 2 saturated heterocycles. The van der Waals surface area contributed by atoms with Crippen molar-refractivity contribution in [2.45, 2.75) is 57.5 Å².